The summed E-state index contributed by atoms with van der Waals surface area (Å²) in [5.41, 5.74) is 1.43. The Hall–Kier alpha value is -3.25. The van der Waals surface area contributed by atoms with E-state index in [-0.39, 0.29) is 24.0 Å². The fourth-order valence-electron chi connectivity index (χ4n) is 4.37. The summed E-state index contributed by atoms with van der Waals surface area (Å²) in [6, 6.07) is 3.06. The molecule has 1 aliphatic rings. The topological polar surface area (TPSA) is 95.3 Å². The van der Waals surface area contributed by atoms with Gasteiger partial charge in [0.25, 0.3) is 0 Å². The summed E-state index contributed by atoms with van der Waals surface area (Å²) in [5, 5.41) is 12.2. The van der Waals surface area contributed by atoms with Crippen molar-refractivity contribution in [2.24, 2.45) is 5.92 Å². The van der Waals surface area contributed by atoms with Gasteiger partial charge in [-0.25, -0.2) is 13.6 Å². The van der Waals surface area contributed by atoms with E-state index in [9.17, 15) is 18.4 Å². The molecule has 1 N–H and O–H groups in total. The fraction of sp³-hybridized carbons (Fsp3) is 0.407. The van der Waals surface area contributed by atoms with E-state index in [1.54, 1.807) is 24.5 Å². The highest BCUT2D eigenvalue weighted by Gasteiger charge is 2.29. The molecule has 2 heterocycles. The standard InChI is InChI=1S/C27H30F2N4O4S2/c1-5-11-33-24(16(4)37-20-10-8-17(28)13-19(20)29)31-32-27(33)38-14-22(34)30-25-23(26(35)36-6-2)18-9-7-15(3)12-21(18)39-25/h5,8,10,13,15-16H,1,6-7,9,11-12,14H2,2-4H3,(H,30,34). The Morgan fingerprint density at radius 2 is 2.15 bits per heavy atom. The number of carbonyl (C=O) groups is 2. The maximum absolute atomic E-state index is 14.1. The Bertz CT molecular complexity index is 1370. The molecular formula is C27H30F2N4O4S2. The van der Waals surface area contributed by atoms with E-state index in [0.29, 0.717) is 34.0 Å². The lowest BCUT2D eigenvalue weighted by Gasteiger charge is -2.18. The van der Waals surface area contributed by atoms with Crippen LogP contribution >= 0.6 is 23.1 Å². The van der Waals surface area contributed by atoms with Crippen LogP contribution in [0.25, 0.3) is 0 Å². The van der Waals surface area contributed by atoms with Crippen LogP contribution in [0.15, 0.2) is 36.0 Å². The molecule has 39 heavy (non-hydrogen) atoms. The number of amides is 1. The highest BCUT2D eigenvalue weighted by atomic mass is 32.2. The average molecular weight is 577 g/mol. The quantitative estimate of drug-likeness (QED) is 0.171. The second kappa shape index (κ2) is 12.7. The number of ether oxygens (including phenoxy) is 2. The van der Waals surface area contributed by atoms with Crippen LogP contribution in [0.3, 0.4) is 0 Å². The first-order valence-electron chi connectivity index (χ1n) is 12.6. The van der Waals surface area contributed by atoms with Gasteiger partial charge in [0, 0.05) is 17.5 Å². The number of rotatable bonds is 11. The second-order valence-corrected chi connectivity index (χ2v) is 11.2. The van der Waals surface area contributed by atoms with Gasteiger partial charge in [0.2, 0.25) is 5.91 Å². The van der Waals surface area contributed by atoms with E-state index in [1.165, 1.54) is 17.4 Å². The van der Waals surface area contributed by atoms with Crippen LogP contribution in [-0.2, 0) is 28.9 Å². The molecule has 208 valence electrons. The predicted molar refractivity (Wildman–Crippen MR) is 146 cm³/mol. The number of nitrogens with one attached hydrogen (secondary N) is 1. The third-order valence-corrected chi connectivity index (χ3v) is 8.33. The number of carbonyl (C=O) groups excluding carboxylic acids is 2. The highest BCUT2D eigenvalue weighted by molar-refractivity contribution is 7.99. The monoisotopic (exact) mass is 576 g/mol. The van der Waals surface area contributed by atoms with E-state index >= 15 is 0 Å². The lowest BCUT2D eigenvalue weighted by Crippen LogP contribution is -2.18. The summed E-state index contributed by atoms with van der Waals surface area (Å²) in [7, 11) is 0. The Balaban J connectivity index is 1.47. The molecule has 0 saturated heterocycles. The third kappa shape index (κ3) is 6.67. The van der Waals surface area contributed by atoms with Crippen molar-refractivity contribution in [3.05, 3.63) is 64.3 Å². The van der Waals surface area contributed by atoms with Crippen molar-refractivity contribution in [1.29, 1.82) is 0 Å². The summed E-state index contributed by atoms with van der Waals surface area (Å²) in [4.78, 5) is 26.8. The summed E-state index contributed by atoms with van der Waals surface area (Å²) in [6.07, 6.45) is 3.56. The molecule has 8 nitrogen and oxygen atoms in total. The summed E-state index contributed by atoms with van der Waals surface area (Å²) < 4.78 is 40.0. The van der Waals surface area contributed by atoms with Crippen LogP contribution in [0.4, 0.5) is 13.8 Å². The molecule has 1 aromatic carbocycles. The number of thiophene rings is 1. The number of hydrogen-bond donors (Lipinski definition) is 1. The van der Waals surface area contributed by atoms with Crippen LogP contribution in [0.1, 0.15) is 59.9 Å². The van der Waals surface area contributed by atoms with Crippen molar-refractivity contribution in [1.82, 2.24) is 14.8 Å². The van der Waals surface area contributed by atoms with E-state index in [0.717, 1.165) is 53.6 Å². The minimum absolute atomic E-state index is 0.0122. The maximum Gasteiger partial charge on any atom is 0.341 e. The molecule has 0 saturated carbocycles. The number of halogens is 2. The zero-order valence-corrected chi connectivity index (χ0v) is 23.6. The fourth-order valence-corrected chi connectivity index (χ4v) is 6.54. The number of hydrogen-bond acceptors (Lipinski definition) is 8. The molecule has 1 amide bonds. The zero-order valence-electron chi connectivity index (χ0n) is 22.0. The predicted octanol–water partition coefficient (Wildman–Crippen LogP) is 5.98. The van der Waals surface area contributed by atoms with Crippen molar-refractivity contribution in [2.75, 3.05) is 17.7 Å². The third-order valence-electron chi connectivity index (χ3n) is 6.19. The molecule has 3 aromatic rings. The molecular weight excluding hydrogens is 546 g/mol. The SMILES string of the molecule is C=CCn1c(SCC(=O)Nc2sc3c(c2C(=O)OCC)CCC(C)C3)nnc1C(C)Oc1ccc(F)cc1F. The van der Waals surface area contributed by atoms with Gasteiger partial charge < -0.3 is 14.8 Å². The van der Waals surface area contributed by atoms with Gasteiger partial charge in [-0.15, -0.1) is 28.1 Å². The number of fused-ring (bicyclic) bond motifs is 1. The molecule has 2 atom stereocenters. The number of esters is 1. The van der Waals surface area contributed by atoms with Crippen LogP contribution in [0.2, 0.25) is 0 Å². The number of allylic oxidation sites excluding steroid dienone is 1. The first kappa shape index (κ1) is 28.8. The van der Waals surface area contributed by atoms with E-state index in [4.69, 9.17) is 9.47 Å². The van der Waals surface area contributed by atoms with Gasteiger partial charge in [0.05, 0.1) is 17.9 Å². The number of benzene rings is 1. The lowest BCUT2D eigenvalue weighted by atomic mass is 9.88. The molecule has 0 radical (unpaired) electrons. The van der Waals surface area contributed by atoms with E-state index in [2.05, 4.69) is 29.0 Å². The van der Waals surface area contributed by atoms with Crippen LogP contribution in [-0.4, -0.2) is 39.0 Å². The molecule has 0 spiro atoms. The Morgan fingerprint density at radius 3 is 2.87 bits per heavy atom. The van der Waals surface area contributed by atoms with Gasteiger partial charge in [0.1, 0.15) is 10.8 Å². The van der Waals surface area contributed by atoms with E-state index in [1.807, 2.05) is 0 Å². The highest BCUT2D eigenvalue weighted by Crippen LogP contribution is 2.40. The van der Waals surface area contributed by atoms with Crippen LogP contribution in [0, 0.1) is 17.6 Å². The van der Waals surface area contributed by atoms with Gasteiger partial charge in [-0.3, -0.25) is 9.36 Å². The van der Waals surface area contributed by atoms with Gasteiger partial charge in [-0.1, -0.05) is 24.8 Å². The largest absolute Gasteiger partial charge is 0.480 e. The minimum atomic E-state index is -0.824. The molecule has 4 rings (SSSR count). The normalized spacial score (nSPS) is 15.4. The Kier molecular flexibility index (Phi) is 9.39. The van der Waals surface area contributed by atoms with Gasteiger partial charge in [0.15, 0.2) is 28.7 Å². The van der Waals surface area contributed by atoms with Gasteiger partial charge in [-0.2, -0.15) is 0 Å². The lowest BCUT2D eigenvalue weighted by molar-refractivity contribution is -0.113. The summed E-state index contributed by atoms with van der Waals surface area (Å²) in [5.74, 6) is -1.44. The van der Waals surface area contributed by atoms with Crippen LogP contribution in [0.5, 0.6) is 5.75 Å². The summed E-state index contributed by atoms with van der Waals surface area (Å²) >= 11 is 2.60. The molecule has 0 fully saturated rings. The van der Waals surface area contributed by atoms with Gasteiger partial charge in [-0.05, 0) is 56.7 Å². The van der Waals surface area contributed by atoms with Gasteiger partial charge >= 0.3 is 5.97 Å². The molecule has 0 aliphatic heterocycles. The van der Waals surface area contributed by atoms with Crippen molar-refractivity contribution >= 4 is 40.0 Å². The molecule has 2 aromatic heterocycles. The minimum Gasteiger partial charge on any atom is -0.480 e. The number of aromatic nitrogens is 3. The molecule has 2 unspecified atom stereocenters. The Labute approximate surface area is 233 Å². The van der Waals surface area contributed by atoms with Crippen LogP contribution < -0.4 is 10.1 Å². The number of nitrogens with zero attached hydrogens (tertiary/aromatic N) is 3. The number of thioether (sulfide) groups is 1. The maximum atomic E-state index is 14.1. The zero-order chi connectivity index (χ0) is 28.1. The molecule has 1 aliphatic carbocycles. The van der Waals surface area contributed by atoms with Crippen molar-refractivity contribution in [3.8, 4) is 5.75 Å². The van der Waals surface area contributed by atoms with E-state index < -0.39 is 23.7 Å². The average Bonchev–Trinajstić information content (AvgIpc) is 3.45. The van der Waals surface area contributed by atoms with Crippen molar-refractivity contribution < 1.29 is 27.8 Å². The van der Waals surface area contributed by atoms with Crippen molar-refractivity contribution in [3.63, 3.8) is 0 Å². The summed E-state index contributed by atoms with van der Waals surface area (Å²) in [6.45, 7) is 9.94. The molecule has 12 heteroatoms. The molecule has 0 bridgehead atoms. The number of anilines is 1. The smallest absolute Gasteiger partial charge is 0.341 e. The Morgan fingerprint density at radius 1 is 1.36 bits per heavy atom. The first-order valence-corrected chi connectivity index (χ1v) is 14.4. The second-order valence-electron chi connectivity index (χ2n) is 9.19. The first-order chi connectivity index (χ1) is 18.7. The van der Waals surface area contributed by atoms with Crippen molar-refractivity contribution in [2.45, 2.75) is 57.8 Å².